The third-order valence-corrected chi connectivity index (χ3v) is 5.62. The Morgan fingerprint density at radius 3 is 2.24 bits per heavy atom. The molecule has 2 aliphatic heterocycles. The highest BCUT2D eigenvalue weighted by atomic mass is 16.7. The summed E-state index contributed by atoms with van der Waals surface area (Å²) in [5.41, 5.74) is 0.771. The molecule has 0 unspecified atom stereocenters. The third-order valence-electron chi connectivity index (χ3n) is 5.62. The van der Waals surface area contributed by atoms with Crippen LogP contribution in [0.1, 0.15) is 47.0 Å². The molecule has 0 aromatic carbocycles. The van der Waals surface area contributed by atoms with Gasteiger partial charge in [-0.25, -0.2) is 4.79 Å². The highest BCUT2D eigenvalue weighted by Crippen LogP contribution is 2.46. The smallest absolute Gasteiger partial charge is 0.465 e. The number of likely N-dealkylation sites (tertiary alicyclic amines) is 1. The Balaban J connectivity index is 1.63. The number of amides is 1. The fourth-order valence-corrected chi connectivity index (χ4v) is 3.36. The van der Waals surface area contributed by atoms with E-state index in [-0.39, 0.29) is 23.7 Å². The van der Waals surface area contributed by atoms with Gasteiger partial charge in [0.05, 0.1) is 11.2 Å². The zero-order chi connectivity index (χ0) is 15.5. The van der Waals surface area contributed by atoms with Crippen LogP contribution in [-0.2, 0) is 9.31 Å². The van der Waals surface area contributed by atoms with E-state index in [9.17, 15) is 4.79 Å². The Kier molecular flexibility index (Phi) is 3.19. The van der Waals surface area contributed by atoms with E-state index in [4.69, 9.17) is 14.4 Å². The number of hydrogen-bond acceptors (Lipinski definition) is 3. The lowest BCUT2D eigenvalue weighted by molar-refractivity contribution is 0.00344. The van der Waals surface area contributed by atoms with Crippen molar-refractivity contribution in [2.45, 2.75) is 58.2 Å². The number of allylic oxidation sites excluding steroid dienone is 2. The normalized spacial score (nSPS) is 29.2. The van der Waals surface area contributed by atoms with Gasteiger partial charge in [0, 0.05) is 18.5 Å². The fourth-order valence-electron chi connectivity index (χ4n) is 3.36. The first-order valence-corrected chi connectivity index (χ1v) is 7.67. The Hall–Kier alpha value is -1.01. The fraction of sp³-hybridized carbons (Fsp3) is 0.800. The van der Waals surface area contributed by atoms with Gasteiger partial charge >= 0.3 is 13.2 Å². The predicted octanol–water partition coefficient (Wildman–Crippen LogP) is 2.71. The number of carbonyl (C=O) groups is 1. The van der Waals surface area contributed by atoms with Crippen LogP contribution in [0, 0.1) is 5.41 Å². The van der Waals surface area contributed by atoms with E-state index < -0.39 is 6.09 Å². The molecule has 2 saturated heterocycles. The third kappa shape index (κ3) is 2.38. The van der Waals surface area contributed by atoms with Crippen molar-refractivity contribution >= 4 is 13.2 Å². The minimum Gasteiger partial charge on any atom is -0.465 e. The largest absolute Gasteiger partial charge is 0.490 e. The van der Waals surface area contributed by atoms with Crippen molar-refractivity contribution in [1.29, 1.82) is 0 Å². The molecule has 0 aromatic heterocycles. The molecule has 3 aliphatic rings. The van der Waals surface area contributed by atoms with E-state index in [0.29, 0.717) is 13.1 Å². The molecule has 1 spiro atoms. The number of hydrogen-bond donors (Lipinski definition) is 1. The van der Waals surface area contributed by atoms with Crippen LogP contribution in [0.5, 0.6) is 0 Å². The van der Waals surface area contributed by atoms with Gasteiger partial charge in [0.25, 0.3) is 0 Å². The lowest BCUT2D eigenvalue weighted by Crippen LogP contribution is -2.58. The summed E-state index contributed by atoms with van der Waals surface area (Å²) in [5, 5.41) is 8.96. The van der Waals surface area contributed by atoms with Crippen molar-refractivity contribution in [1.82, 2.24) is 4.90 Å². The lowest BCUT2D eigenvalue weighted by atomic mass is 9.63. The monoisotopic (exact) mass is 293 g/mol. The predicted molar refractivity (Wildman–Crippen MR) is 80.0 cm³/mol. The summed E-state index contributed by atoms with van der Waals surface area (Å²) < 4.78 is 12.2. The summed E-state index contributed by atoms with van der Waals surface area (Å²) >= 11 is 0. The van der Waals surface area contributed by atoms with Gasteiger partial charge in [0.2, 0.25) is 0 Å². The van der Waals surface area contributed by atoms with Gasteiger partial charge in [-0.3, -0.25) is 0 Å². The summed E-state index contributed by atoms with van der Waals surface area (Å²) in [5.74, 6) is 0. The second kappa shape index (κ2) is 4.49. The van der Waals surface area contributed by atoms with Crippen molar-refractivity contribution < 1.29 is 19.2 Å². The standard InChI is InChI=1S/C15H24BNO4/c1-13(2)14(3,4)21-16(20-13)11-5-7-15(8-6-11)9-17(10-15)12(18)19/h5H,6-10H2,1-4H3,(H,18,19). The van der Waals surface area contributed by atoms with Crippen LogP contribution in [0.4, 0.5) is 4.79 Å². The molecule has 1 amide bonds. The molecule has 0 aromatic rings. The minimum absolute atomic E-state index is 0.158. The van der Waals surface area contributed by atoms with E-state index in [1.807, 2.05) is 0 Å². The lowest BCUT2D eigenvalue weighted by Gasteiger charge is -2.50. The van der Waals surface area contributed by atoms with Gasteiger partial charge in [-0.15, -0.1) is 0 Å². The van der Waals surface area contributed by atoms with Gasteiger partial charge in [0.1, 0.15) is 0 Å². The van der Waals surface area contributed by atoms with Crippen molar-refractivity contribution in [2.24, 2.45) is 5.41 Å². The second-order valence-electron chi connectivity index (χ2n) is 7.71. The van der Waals surface area contributed by atoms with Crippen molar-refractivity contribution in [2.75, 3.05) is 13.1 Å². The molecular weight excluding hydrogens is 269 g/mol. The molecule has 116 valence electrons. The van der Waals surface area contributed by atoms with Crippen LogP contribution in [0.2, 0.25) is 0 Å². The molecule has 21 heavy (non-hydrogen) atoms. The van der Waals surface area contributed by atoms with Gasteiger partial charge < -0.3 is 19.3 Å². The van der Waals surface area contributed by atoms with Crippen molar-refractivity contribution in [3.63, 3.8) is 0 Å². The average molecular weight is 293 g/mol. The Morgan fingerprint density at radius 1 is 1.24 bits per heavy atom. The van der Waals surface area contributed by atoms with Gasteiger partial charge in [0.15, 0.2) is 0 Å². The van der Waals surface area contributed by atoms with Crippen LogP contribution in [-0.4, -0.2) is 47.5 Å². The summed E-state index contributed by atoms with van der Waals surface area (Å²) in [6.07, 6.45) is 4.29. The van der Waals surface area contributed by atoms with Gasteiger partial charge in [-0.2, -0.15) is 0 Å². The summed E-state index contributed by atoms with van der Waals surface area (Å²) in [6, 6.07) is 0. The van der Waals surface area contributed by atoms with Gasteiger partial charge in [-0.05, 0) is 52.4 Å². The quantitative estimate of drug-likeness (QED) is 0.755. The minimum atomic E-state index is -0.804. The van der Waals surface area contributed by atoms with E-state index >= 15 is 0 Å². The molecule has 0 bridgehead atoms. The van der Waals surface area contributed by atoms with Crippen LogP contribution >= 0.6 is 0 Å². The summed E-state index contributed by atoms with van der Waals surface area (Å²) in [6.45, 7) is 9.58. The molecule has 6 heteroatoms. The maximum absolute atomic E-state index is 10.9. The zero-order valence-corrected chi connectivity index (χ0v) is 13.3. The van der Waals surface area contributed by atoms with Gasteiger partial charge in [-0.1, -0.05) is 6.08 Å². The Bertz CT molecular complexity index is 478. The summed E-state index contributed by atoms with van der Waals surface area (Å²) in [7, 11) is -0.247. The molecule has 5 nitrogen and oxygen atoms in total. The Labute approximate surface area is 126 Å². The number of carboxylic acid groups (broad SMARTS) is 1. The first kappa shape index (κ1) is 14.9. The first-order valence-electron chi connectivity index (χ1n) is 7.67. The molecule has 1 N–H and O–H groups in total. The van der Waals surface area contributed by atoms with Crippen LogP contribution in [0.25, 0.3) is 0 Å². The zero-order valence-electron chi connectivity index (χ0n) is 13.3. The number of nitrogens with zero attached hydrogens (tertiary/aromatic N) is 1. The Morgan fingerprint density at radius 2 is 1.81 bits per heavy atom. The van der Waals surface area contributed by atoms with Crippen LogP contribution in [0.15, 0.2) is 11.5 Å². The van der Waals surface area contributed by atoms with Crippen LogP contribution < -0.4 is 0 Å². The van der Waals surface area contributed by atoms with E-state index in [1.54, 1.807) is 0 Å². The molecule has 0 radical (unpaired) electrons. The van der Waals surface area contributed by atoms with Crippen LogP contribution in [0.3, 0.4) is 0 Å². The van der Waals surface area contributed by atoms with Crippen molar-refractivity contribution in [3.05, 3.63) is 11.5 Å². The molecule has 0 atom stereocenters. The highest BCUT2D eigenvalue weighted by Gasteiger charge is 2.54. The molecule has 2 heterocycles. The molecule has 0 saturated carbocycles. The van der Waals surface area contributed by atoms with E-state index in [1.165, 1.54) is 10.4 Å². The average Bonchev–Trinajstić information content (AvgIpc) is 2.55. The number of rotatable bonds is 1. The highest BCUT2D eigenvalue weighted by molar-refractivity contribution is 6.54. The van der Waals surface area contributed by atoms with Crippen molar-refractivity contribution in [3.8, 4) is 0 Å². The summed E-state index contributed by atoms with van der Waals surface area (Å²) in [4.78, 5) is 12.4. The topological polar surface area (TPSA) is 59.0 Å². The molecular formula is C15H24BNO4. The molecule has 1 aliphatic carbocycles. The van der Waals surface area contributed by atoms with E-state index in [0.717, 1.165) is 19.3 Å². The first-order chi connectivity index (χ1) is 9.64. The second-order valence-corrected chi connectivity index (χ2v) is 7.71. The SMILES string of the molecule is CC1(C)OB(C2=CCC3(CC2)CN(C(=O)O)C3)OC1(C)C. The molecule has 3 rings (SSSR count). The maximum atomic E-state index is 10.9. The van der Waals surface area contributed by atoms with E-state index in [2.05, 4.69) is 33.8 Å². The maximum Gasteiger partial charge on any atom is 0.490 e. The molecule has 2 fully saturated rings.